The first-order chi connectivity index (χ1) is 9.02. The van der Waals surface area contributed by atoms with Crippen molar-refractivity contribution in [2.24, 2.45) is 0 Å². The van der Waals surface area contributed by atoms with Gasteiger partial charge in [0, 0.05) is 17.4 Å². The highest BCUT2D eigenvalue weighted by Crippen LogP contribution is 2.21. The van der Waals surface area contributed by atoms with Crippen LogP contribution >= 0.6 is 15.9 Å². The molecule has 0 saturated heterocycles. The first kappa shape index (κ1) is 15.7. The van der Waals surface area contributed by atoms with Crippen LogP contribution in [0.1, 0.15) is 31.2 Å². The zero-order valence-electron chi connectivity index (χ0n) is 11.1. The maximum absolute atomic E-state index is 11.7. The fourth-order valence-corrected chi connectivity index (χ4v) is 1.93. The monoisotopic (exact) mass is 327 g/mol. The third-order valence-corrected chi connectivity index (χ3v) is 3.34. The van der Waals surface area contributed by atoms with Crippen molar-refractivity contribution in [1.82, 2.24) is 5.32 Å². The molecule has 4 nitrogen and oxygen atoms in total. The van der Waals surface area contributed by atoms with Crippen LogP contribution in [-0.2, 0) is 14.3 Å². The van der Waals surface area contributed by atoms with Crippen molar-refractivity contribution in [3.05, 3.63) is 34.3 Å². The van der Waals surface area contributed by atoms with Crippen molar-refractivity contribution >= 4 is 27.8 Å². The Morgan fingerprint density at radius 1 is 1.32 bits per heavy atom. The lowest BCUT2D eigenvalue weighted by Gasteiger charge is -2.12. The second-order valence-corrected chi connectivity index (χ2v) is 5.25. The van der Waals surface area contributed by atoms with E-state index in [1.54, 1.807) is 0 Å². The van der Waals surface area contributed by atoms with Crippen molar-refractivity contribution in [2.75, 3.05) is 13.7 Å². The topological polar surface area (TPSA) is 55.4 Å². The zero-order valence-corrected chi connectivity index (χ0v) is 12.7. The van der Waals surface area contributed by atoms with Crippen molar-refractivity contribution in [2.45, 2.75) is 25.7 Å². The summed E-state index contributed by atoms with van der Waals surface area (Å²) in [4.78, 5) is 22.6. The van der Waals surface area contributed by atoms with E-state index in [1.165, 1.54) is 7.11 Å². The van der Waals surface area contributed by atoms with Gasteiger partial charge in [0.2, 0.25) is 5.91 Å². The van der Waals surface area contributed by atoms with Crippen LogP contribution in [0, 0.1) is 0 Å². The van der Waals surface area contributed by atoms with Gasteiger partial charge in [-0.3, -0.25) is 9.59 Å². The van der Waals surface area contributed by atoms with Crippen LogP contribution in [0.5, 0.6) is 0 Å². The summed E-state index contributed by atoms with van der Waals surface area (Å²) in [5.41, 5.74) is 1.12. The number of hydrogen-bond acceptors (Lipinski definition) is 3. The molecule has 0 radical (unpaired) electrons. The zero-order chi connectivity index (χ0) is 14.3. The number of carbonyl (C=O) groups is 2. The molecule has 0 heterocycles. The Morgan fingerprint density at radius 3 is 2.53 bits per heavy atom. The van der Waals surface area contributed by atoms with Crippen LogP contribution in [-0.4, -0.2) is 25.5 Å². The molecule has 0 aromatic heterocycles. The van der Waals surface area contributed by atoms with Crippen LogP contribution in [0.15, 0.2) is 28.7 Å². The molecule has 0 bridgehead atoms. The molecule has 0 spiro atoms. The maximum atomic E-state index is 11.7. The molecule has 19 heavy (non-hydrogen) atoms. The largest absolute Gasteiger partial charge is 0.469 e. The number of nitrogens with one attached hydrogen (secondary N) is 1. The molecule has 0 aliphatic carbocycles. The van der Waals surface area contributed by atoms with Crippen LogP contribution in [0.4, 0.5) is 0 Å². The number of rotatable bonds is 6. The van der Waals surface area contributed by atoms with Gasteiger partial charge < -0.3 is 10.1 Å². The van der Waals surface area contributed by atoms with E-state index in [4.69, 9.17) is 0 Å². The first-order valence-corrected chi connectivity index (χ1v) is 6.91. The Kier molecular flexibility index (Phi) is 6.56. The van der Waals surface area contributed by atoms with E-state index in [9.17, 15) is 9.59 Å². The Labute approximate surface area is 121 Å². The number of methoxy groups -OCH3 is 1. The number of carbonyl (C=O) groups excluding carboxylic acids is 2. The summed E-state index contributed by atoms with van der Waals surface area (Å²) in [6.45, 7) is 2.32. The Morgan fingerprint density at radius 2 is 1.95 bits per heavy atom. The van der Waals surface area contributed by atoms with Gasteiger partial charge in [0.25, 0.3) is 0 Å². The van der Waals surface area contributed by atoms with Crippen LogP contribution < -0.4 is 5.32 Å². The van der Waals surface area contributed by atoms with Crippen LogP contribution in [0.3, 0.4) is 0 Å². The molecule has 0 aliphatic heterocycles. The Bertz CT molecular complexity index is 431. The van der Waals surface area contributed by atoms with Crippen LogP contribution in [0.2, 0.25) is 0 Å². The molecule has 1 rings (SSSR count). The molecule has 0 aliphatic rings. The van der Waals surface area contributed by atoms with Gasteiger partial charge in [-0.1, -0.05) is 35.0 Å². The molecule has 1 aromatic rings. The van der Waals surface area contributed by atoms with Gasteiger partial charge in [-0.15, -0.1) is 0 Å². The number of halogens is 1. The number of benzene rings is 1. The Hall–Kier alpha value is -1.36. The van der Waals surface area contributed by atoms with E-state index in [1.807, 2.05) is 31.2 Å². The second kappa shape index (κ2) is 7.94. The molecule has 104 valence electrons. The van der Waals surface area contributed by atoms with Crippen molar-refractivity contribution in [3.8, 4) is 0 Å². The average molecular weight is 328 g/mol. The van der Waals surface area contributed by atoms with Gasteiger partial charge in [-0.2, -0.15) is 0 Å². The smallest absolute Gasteiger partial charge is 0.307 e. The number of esters is 1. The van der Waals surface area contributed by atoms with E-state index in [2.05, 4.69) is 26.0 Å². The quantitative estimate of drug-likeness (QED) is 0.817. The van der Waals surface area contributed by atoms with Gasteiger partial charge in [0.1, 0.15) is 0 Å². The molecule has 1 atom stereocenters. The molecule has 1 N–H and O–H groups in total. The normalized spacial score (nSPS) is 11.7. The molecule has 0 fully saturated rings. The minimum atomic E-state index is -0.318. The van der Waals surface area contributed by atoms with E-state index < -0.39 is 0 Å². The maximum Gasteiger partial charge on any atom is 0.307 e. The van der Waals surface area contributed by atoms with E-state index >= 15 is 0 Å². The number of amides is 1. The fraction of sp³-hybridized carbons (Fsp3) is 0.429. The lowest BCUT2D eigenvalue weighted by molar-refractivity contribution is -0.140. The third kappa shape index (κ3) is 5.87. The van der Waals surface area contributed by atoms with E-state index in [0.717, 1.165) is 10.0 Å². The highest BCUT2D eigenvalue weighted by Gasteiger charge is 2.11. The van der Waals surface area contributed by atoms with Gasteiger partial charge in [-0.05, 0) is 23.6 Å². The molecule has 0 saturated carbocycles. The summed E-state index contributed by atoms with van der Waals surface area (Å²) in [7, 11) is 1.33. The highest BCUT2D eigenvalue weighted by atomic mass is 79.9. The predicted octanol–water partition coefficient (Wildman–Crippen LogP) is 2.62. The molecule has 1 unspecified atom stereocenters. The van der Waals surface area contributed by atoms with E-state index in [0.29, 0.717) is 13.0 Å². The van der Waals surface area contributed by atoms with Gasteiger partial charge in [0.15, 0.2) is 0 Å². The van der Waals surface area contributed by atoms with Crippen molar-refractivity contribution < 1.29 is 14.3 Å². The van der Waals surface area contributed by atoms with Crippen molar-refractivity contribution in [3.63, 3.8) is 0 Å². The summed E-state index contributed by atoms with van der Waals surface area (Å²) in [5, 5.41) is 2.71. The molecular weight excluding hydrogens is 310 g/mol. The lowest BCUT2D eigenvalue weighted by atomic mass is 9.97. The highest BCUT2D eigenvalue weighted by molar-refractivity contribution is 9.10. The molecule has 5 heteroatoms. The van der Waals surface area contributed by atoms with Crippen molar-refractivity contribution in [1.29, 1.82) is 0 Å². The summed E-state index contributed by atoms with van der Waals surface area (Å²) in [6, 6.07) is 7.91. The number of ether oxygens (including phenoxy) is 1. The lowest BCUT2D eigenvalue weighted by Crippen LogP contribution is -2.27. The first-order valence-electron chi connectivity index (χ1n) is 6.12. The van der Waals surface area contributed by atoms with Gasteiger partial charge in [0.05, 0.1) is 13.5 Å². The summed E-state index contributed by atoms with van der Waals surface area (Å²) < 4.78 is 5.52. The summed E-state index contributed by atoms with van der Waals surface area (Å²) in [6.07, 6.45) is 0.609. The van der Waals surface area contributed by atoms with Gasteiger partial charge >= 0.3 is 5.97 Å². The fourth-order valence-electron chi connectivity index (χ4n) is 1.67. The minimum Gasteiger partial charge on any atom is -0.469 e. The standard InChI is InChI=1S/C14H18BrNO3/c1-10(11-3-5-12(15)6-4-11)9-13(17)16-8-7-14(18)19-2/h3-6,10H,7-9H2,1-2H3,(H,16,17). The third-order valence-electron chi connectivity index (χ3n) is 2.81. The molecule has 1 amide bonds. The Balaban J connectivity index is 2.35. The number of hydrogen-bond donors (Lipinski definition) is 1. The van der Waals surface area contributed by atoms with Gasteiger partial charge in [-0.25, -0.2) is 0 Å². The SMILES string of the molecule is COC(=O)CCNC(=O)CC(C)c1ccc(Br)cc1. The summed E-state index contributed by atoms with van der Waals surface area (Å²) >= 11 is 3.38. The minimum absolute atomic E-state index is 0.0562. The summed E-state index contributed by atoms with van der Waals surface area (Å²) in [5.74, 6) is -0.230. The average Bonchev–Trinajstić information content (AvgIpc) is 2.39. The predicted molar refractivity (Wildman–Crippen MR) is 76.8 cm³/mol. The molecular formula is C14H18BrNO3. The van der Waals surface area contributed by atoms with Crippen LogP contribution in [0.25, 0.3) is 0 Å². The second-order valence-electron chi connectivity index (χ2n) is 4.33. The van der Waals surface area contributed by atoms with E-state index in [-0.39, 0.29) is 24.2 Å². The molecule has 1 aromatic carbocycles.